The Hall–Kier alpha value is -0.610. The summed E-state index contributed by atoms with van der Waals surface area (Å²) in [5.41, 5.74) is 1.68. The summed E-state index contributed by atoms with van der Waals surface area (Å²) in [6.45, 7) is 18.9. The lowest BCUT2D eigenvalue weighted by atomic mass is 9.79. The van der Waals surface area contributed by atoms with Crippen molar-refractivity contribution in [2.24, 2.45) is 11.8 Å². The molecule has 142 valence electrons. The van der Waals surface area contributed by atoms with Gasteiger partial charge in [0.2, 0.25) is 0 Å². The Morgan fingerprint density at radius 2 is 1.40 bits per heavy atom. The van der Waals surface area contributed by atoms with Crippen molar-refractivity contribution in [3.63, 3.8) is 0 Å². The maximum absolute atomic E-state index is 11.6. The molecule has 1 aromatic rings. The Balaban J connectivity index is 3.30. The van der Waals surface area contributed by atoms with Crippen LogP contribution in [0.1, 0.15) is 73.4 Å². The van der Waals surface area contributed by atoms with E-state index >= 15 is 0 Å². The number of thioether (sulfide) groups is 1. The standard InChI is InChI=1S/C21H34O2S2/c1-12(13(2)19(23)24)14(3)25-15-10-16(20(4,5)6)18(22)17(11-15)21(7,8)9/h10-14,22H,1-9H3,(H,23,24). The zero-order chi connectivity index (χ0) is 19.7. The van der Waals surface area contributed by atoms with Gasteiger partial charge in [-0.1, -0.05) is 62.3 Å². The van der Waals surface area contributed by atoms with Crippen LogP contribution in [0.2, 0.25) is 0 Å². The molecule has 0 amide bonds. The normalized spacial score (nSPS) is 16.4. The molecule has 0 aliphatic rings. The van der Waals surface area contributed by atoms with E-state index in [4.69, 9.17) is 0 Å². The van der Waals surface area contributed by atoms with Crippen LogP contribution in [0, 0.1) is 11.8 Å². The predicted molar refractivity (Wildman–Crippen MR) is 113 cm³/mol. The number of hydrogen-bond donors (Lipinski definition) is 2. The van der Waals surface area contributed by atoms with E-state index in [-0.39, 0.29) is 33.0 Å². The molecular formula is C21H34O2S2. The van der Waals surface area contributed by atoms with Crippen LogP contribution in [-0.4, -0.2) is 15.5 Å². The third-order valence-corrected chi connectivity index (χ3v) is 6.66. The molecule has 0 saturated heterocycles. The highest BCUT2D eigenvalue weighted by Crippen LogP contribution is 2.43. The summed E-state index contributed by atoms with van der Waals surface area (Å²) in [7, 11) is 0. The summed E-state index contributed by atoms with van der Waals surface area (Å²) in [5, 5.41) is 11.0. The summed E-state index contributed by atoms with van der Waals surface area (Å²) in [5.74, 6) is 0.552. The van der Waals surface area contributed by atoms with Gasteiger partial charge in [0.15, 0.2) is 5.12 Å². The lowest BCUT2D eigenvalue weighted by Crippen LogP contribution is -2.23. The highest BCUT2D eigenvalue weighted by Gasteiger charge is 2.28. The first-order valence-electron chi connectivity index (χ1n) is 8.93. The largest absolute Gasteiger partial charge is 0.507 e. The monoisotopic (exact) mass is 382 g/mol. The molecule has 0 saturated carbocycles. The van der Waals surface area contributed by atoms with Gasteiger partial charge in [-0.3, -0.25) is 4.79 Å². The van der Waals surface area contributed by atoms with E-state index in [1.807, 2.05) is 6.92 Å². The van der Waals surface area contributed by atoms with Crippen molar-refractivity contribution in [3.8, 4) is 5.75 Å². The molecule has 2 nitrogen and oxygen atoms in total. The number of thiol groups is 1. The van der Waals surface area contributed by atoms with Gasteiger partial charge in [-0.25, -0.2) is 0 Å². The van der Waals surface area contributed by atoms with Crippen molar-refractivity contribution < 1.29 is 9.90 Å². The van der Waals surface area contributed by atoms with Crippen LogP contribution in [0.5, 0.6) is 5.75 Å². The number of aromatic hydroxyl groups is 1. The molecular weight excluding hydrogens is 348 g/mol. The summed E-state index contributed by atoms with van der Waals surface area (Å²) >= 11 is 5.76. The average Bonchev–Trinajstić information content (AvgIpc) is 2.44. The van der Waals surface area contributed by atoms with Crippen molar-refractivity contribution in [1.29, 1.82) is 0 Å². The van der Waals surface area contributed by atoms with E-state index in [9.17, 15) is 9.90 Å². The van der Waals surface area contributed by atoms with E-state index in [1.54, 1.807) is 11.8 Å². The lowest BCUT2D eigenvalue weighted by Gasteiger charge is -2.29. The van der Waals surface area contributed by atoms with Crippen LogP contribution in [0.15, 0.2) is 17.0 Å². The van der Waals surface area contributed by atoms with Crippen LogP contribution in [0.25, 0.3) is 0 Å². The van der Waals surface area contributed by atoms with Crippen LogP contribution in [0.3, 0.4) is 0 Å². The minimum atomic E-state index is -0.135. The van der Waals surface area contributed by atoms with E-state index in [0.717, 1.165) is 16.0 Å². The average molecular weight is 383 g/mol. The van der Waals surface area contributed by atoms with Gasteiger partial charge in [-0.15, -0.1) is 24.4 Å². The Bertz CT molecular complexity index is 589. The molecule has 1 rings (SSSR count). The Morgan fingerprint density at radius 3 is 1.72 bits per heavy atom. The van der Waals surface area contributed by atoms with Gasteiger partial charge in [0.05, 0.1) is 0 Å². The molecule has 0 aliphatic carbocycles. The zero-order valence-electron chi connectivity index (χ0n) is 17.1. The highest BCUT2D eigenvalue weighted by molar-refractivity contribution is 8.00. The molecule has 3 atom stereocenters. The third-order valence-electron chi connectivity index (χ3n) is 4.94. The van der Waals surface area contributed by atoms with Crippen molar-refractivity contribution in [3.05, 3.63) is 23.3 Å². The minimum absolute atomic E-state index is 0.0589. The summed E-state index contributed by atoms with van der Waals surface area (Å²) in [6, 6.07) is 4.21. The Labute approximate surface area is 163 Å². The molecule has 0 heterocycles. The molecule has 1 aromatic carbocycles. The summed E-state index contributed by atoms with van der Waals surface area (Å²) in [4.78, 5) is 12.7. The fourth-order valence-electron chi connectivity index (χ4n) is 2.77. The second-order valence-electron chi connectivity index (χ2n) is 9.18. The lowest BCUT2D eigenvalue weighted by molar-refractivity contribution is -0.114. The minimum Gasteiger partial charge on any atom is -0.507 e. The number of phenols is 1. The van der Waals surface area contributed by atoms with Gasteiger partial charge >= 0.3 is 0 Å². The molecule has 0 fully saturated rings. The van der Waals surface area contributed by atoms with E-state index < -0.39 is 0 Å². The van der Waals surface area contributed by atoms with Crippen LogP contribution >= 0.6 is 24.4 Å². The fourth-order valence-corrected chi connectivity index (χ4v) is 4.26. The number of rotatable bonds is 5. The first-order valence-corrected chi connectivity index (χ1v) is 10.3. The summed E-state index contributed by atoms with van der Waals surface area (Å²) < 4.78 is 0. The topological polar surface area (TPSA) is 37.3 Å². The summed E-state index contributed by atoms with van der Waals surface area (Å²) in [6.07, 6.45) is 0. The molecule has 4 heteroatoms. The molecule has 0 spiro atoms. The molecule has 25 heavy (non-hydrogen) atoms. The number of benzene rings is 1. The van der Waals surface area contributed by atoms with E-state index in [1.165, 1.54) is 0 Å². The number of hydrogen-bond acceptors (Lipinski definition) is 3. The second kappa shape index (κ2) is 7.96. The number of carbonyl (C=O) groups is 1. The second-order valence-corrected chi connectivity index (χ2v) is 11.1. The van der Waals surface area contributed by atoms with Crippen molar-refractivity contribution in [2.45, 2.75) is 83.3 Å². The van der Waals surface area contributed by atoms with Gasteiger partial charge in [-0.05, 0) is 28.9 Å². The first-order chi connectivity index (χ1) is 11.2. The number of carbonyl (C=O) groups excluding carboxylic acids is 1. The third kappa shape index (κ3) is 5.68. The number of phenolic OH excluding ortho intramolecular Hbond substituents is 1. The van der Waals surface area contributed by atoms with Crippen molar-refractivity contribution in [2.75, 3.05) is 0 Å². The van der Waals surface area contributed by atoms with Gasteiger partial charge in [-0.2, -0.15) is 0 Å². The predicted octanol–water partition coefficient (Wildman–Crippen LogP) is 6.20. The quantitative estimate of drug-likeness (QED) is 0.470. The molecule has 1 N–H and O–H groups in total. The smallest absolute Gasteiger partial charge is 0.189 e. The van der Waals surface area contributed by atoms with Gasteiger partial charge < -0.3 is 5.11 Å². The SMILES string of the molecule is CC(Sc1cc(C(C)(C)C)c(O)c(C(C)(C)C)c1)C(C)C(C)C(=O)S. The Kier molecular flexibility index (Phi) is 7.14. The maximum Gasteiger partial charge on any atom is 0.189 e. The molecule has 3 unspecified atom stereocenters. The van der Waals surface area contributed by atoms with Crippen LogP contribution in [-0.2, 0) is 15.6 Å². The first kappa shape index (κ1) is 22.4. The van der Waals surface area contributed by atoms with Crippen LogP contribution < -0.4 is 0 Å². The van der Waals surface area contributed by atoms with Crippen LogP contribution in [0.4, 0.5) is 0 Å². The van der Waals surface area contributed by atoms with Crippen molar-refractivity contribution >= 4 is 29.5 Å². The van der Waals surface area contributed by atoms with Crippen molar-refractivity contribution in [1.82, 2.24) is 0 Å². The zero-order valence-corrected chi connectivity index (χ0v) is 18.8. The molecule has 0 bridgehead atoms. The Morgan fingerprint density at radius 1 is 1.00 bits per heavy atom. The molecule has 0 radical (unpaired) electrons. The van der Waals surface area contributed by atoms with Gasteiger partial charge in [0.1, 0.15) is 5.75 Å². The van der Waals surface area contributed by atoms with Gasteiger partial charge in [0, 0.05) is 27.2 Å². The fraction of sp³-hybridized carbons (Fsp3) is 0.667. The maximum atomic E-state index is 11.6. The van der Waals surface area contributed by atoms with E-state index in [0.29, 0.717) is 5.75 Å². The highest BCUT2D eigenvalue weighted by atomic mass is 32.2. The van der Waals surface area contributed by atoms with E-state index in [2.05, 4.69) is 80.2 Å². The molecule has 0 aromatic heterocycles. The molecule has 0 aliphatic heterocycles. The van der Waals surface area contributed by atoms with Gasteiger partial charge in [0.25, 0.3) is 0 Å².